The zero-order valence-corrected chi connectivity index (χ0v) is 19.3. The van der Waals surface area contributed by atoms with E-state index in [2.05, 4.69) is 121 Å². The van der Waals surface area contributed by atoms with Gasteiger partial charge >= 0.3 is 169 Å². The fourth-order valence-corrected chi connectivity index (χ4v) is 9.16. The normalized spacial score (nSPS) is 11.4. The molecule has 0 atom stereocenters. The Kier molecular flexibility index (Phi) is 7.81. The zero-order chi connectivity index (χ0) is 19.1. The molecule has 0 aromatic heterocycles. The molecule has 0 amide bonds. The molecule has 0 saturated carbocycles. The third kappa shape index (κ3) is 4.86. The van der Waals surface area contributed by atoms with Crippen molar-refractivity contribution < 1.29 is 0 Å². The van der Waals surface area contributed by atoms with Crippen LogP contribution in [-0.2, 0) is 6.42 Å². The van der Waals surface area contributed by atoms with Gasteiger partial charge in [-0.3, -0.25) is 0 Å². The van der Waals surface area contributed by atoms with Gasteiger partial charge in [-0.25, -0.2) is 0 Å². The Morgan fingerprint density at radius 2 is 0.793 bits per heavy atom. The Morgan fingerprint density at radius 3 is 1.17 bits per heavy atom. The van der Waals surface area contributed by atoms with E-state index in [1.54, 1.807) is 0 Å². The molecule has 148 valence electrons. The molecule has 0 saturated heterocycles. The molecule has 4 aromatic rings. The molecule has 4 aromatic carbocycles. The Morgan fingerprint density at radius 1 is 0.448 bits per heavy atom. The zero-order valence-electron chi connectivity index (χ0n) is 16.6. The van der Waals surface area contributed by atoms with Crippen molar-refractivity contribution in [3.8, 4) is 0 Å². The van der Waals surface area contributed by atoms with Crippen LogP contribution in [-0.4, -0.2) is 6.16 Å². The molecule has 2 heteroatoms. The molecule has 0 bridgehead atoms. The van der Waals surface area contributed by atoms with E-state index in [-0.39, 0.29) is 17.0 Å². The van der Waals surface area contributed by atoms with Gasteiger partial charge in [-0.2, -0.15) is 0 Å². The fourth-order valence-electron chi connectivity index (χ4n) is 4.30. The molecule has 0 heterocycles. The summed E-state index contributed by atoms with van der Waals surface area (Å²) in [5.74, 6) is 0. The molecular formula is C27H28BrP. The average Bonchev–Trinajstić information content (AvgIpc) is 2.79. The maximum atomic E-state index is 2.34. The molecule has 0 fully saturated rings. The van der Waals surface area contributed by atoms with Crippen LogP contribution in [0.1, 0.15) is 12.0 Å². The Labute approximate surface area is 185 Å². The first-order valence-corrected chi connectivity index (χ1v) is 12.3. The number of benzene rings is 4. The molecule has 0 N–H and O–H groups in total. The van der Waals surface area contributed by atoms with E-state index in [0.717, 1.165) is 6.42 Å². The molecule has 0 unspecified atom stereocenters. The first-order valence-electron chi connectivity index (χ1n) is 10.1. The van der Waals surface area contributed by atoms with Crippen LogP contribution in [0.15, 0.2) is 121 Å². The number of halogens is 1. The van der Waals surface area contributed by atoms with E-state index < -0.39 is 7.26 Å². The molecule has 0 nitrogen and oxygen atoms in total. The van der Waals surface area contributed by atoms with Crippen LogP contribution in [0.5, 0.6) is 0 Å². The summed E-state index contributed by atoms with van der Waals surface area (Å²) in [5.41, 5.74) is 1.43. The quantitative estimate of drug-likeness (QED) is 0.299. The van der Waals surface area contributed by atoms with E-state index >= 15 is 0 Å². The van der Waals surface area contributed by atoms with E-state index in [1.807, 2.05) is 0 Å². The fraction of sp³-hybridized carbons (Fsp3) is 0.111. The third-order valence-corrected chi connectivity index (χ3v) is 10.7. The summed E-state index contributed by atoms with van der Waals surface area (Å²) in [7, 11) is -2.08. The van der Waals surface area contributed by atoms with Crippen LogP contribution >= 0.6 is 24.2 Å². The van der Waals surface area contributed by atoms with E-state index in [1.165, 1.54) is 34.1 Å². The van der Waals surface area contributed by atoms with Gasteiger partial charge in [0.2, 0.25) is 0 Å². The van der Waals surface area contributed by atoms with Crippen molar-refractivity contribution in [2.45, 2.75) is 12.8 Å². The molecule has 0 aliphatic carbocycles. The first-order chi connectivity index (χ1) is 13.9. The molecule has 4 rings (SSSR count). The molecule has 0 aliphatic heterocycles. The first kappa shape index (κ1) is 21.5. The summed E-state index contributed by atoms with van der Waals surface area (Å²) in [6.45, 7) is 0. The van der Waals surface area contributed by atoms with Gasteiger partial charge in [-0.1, -0.05) is 0 Å². The average molecular weight is 463 g/mol. The van der Waals surface area contributed by atoms with Crippen molar-refractivity contribution in [2.75, 3.05) is 6.16 Å². The second-order valence-corrected chi connectivity index (χ2v) is 11.4. The summed E-state index contributed by atoms with van der Waals surface area (Å²) >= 11 is 0. The van der Waals surface area contributed by atoms with Crippen LogP contribution < -0.4 is 15.9 Å². The predicted molar refractivity (Wildman–Crippen MR) is 136 cm³/mol. The second-order valence-electron chi connectivity index (χ2n) is 7.34. The van der Waals surface area contributed by atoms with Gasteiger partial charge in [0.1, 0.15) is 0 Å². The van der Waals surface area contributed by atoms with Gasteiger partial charge in [0.05, 0.1) is 0 Å². The number of hydrogen-bond acceptors (Lipinski definition) is 0. The van der Waals surface area contributed by atoms with E-state index in [4.69, 9.17) is 0 Å². The van der Waals surface area contributed by atoms with Gasteiger partial charge in [0.25, 0.3) is 0 Å². The summed E-state index contributed by atoms with van der Waals surface area (Å²) in [6, 6.07) is 44.5. The summed E-state index contributed by atoms with van der Waals surface area (Å²) in [6.07, 6.45) is 3.52. The number of rotatable bonds is 7. The van der Waals surface area contributed by atoms with Gasteiger partial charge in [-0.05, 0) is 0 Å². The second kappa shape index (κ2) is 10.5. The van der Waals surface area contributed by atoms with E-state index in [9.17, 15) is 0 Å². The molecule has 0 aliphatic rings. The summed E-state index contributed by atoms with van der Waals surface area (Å²) in [5, 5.41) is 4.50. The van der Waals surface area contributed by atoms with Crippen molar-refractivity contribution in [1.29, 1.82) is 0 Å². The van der Waals surface area contributed by atoms with Gasteiger partial charge in [0.15, 0.2) is 0 Å². The van der Waals surface area contributed by atoms with Crippen molar-refractivity contribution in [3.63, 3.8) is 0 Å². The molecule has 0 spiro atoms. The molecule has 29 heavy (non-hydrogen) atoms. The van der Waals surface area contributed by atoms with Crippen LogP contribution in [0.25, 0.3) is 0 Å². The number of aryl methyl sites for hydroxylation is 1. The summed E-state index contributed by atoms with van der Waals surface area (Å²) < 4.78 is 0. The molecular weight excluding hydrogens is 435 g/mol. The minimum absolute atomic E-state index is 0. The van der Waals surface area contributed by atoms with Crippen molar-refractivity contribution in [1.82, 2.24) is 0 Å². The van der Waals surface area contributed by atoms with Crippen molar-refractivity contribution >= 4 is 40.2 Å². The third-order valence-electron chi connectivity index (χ3n) is 5.66. The maximum absolute atomic E-state index is 2.34. The monoisotopic (exact) mass is 462 g/mol. The number of hydrogen-bond donors (Lipinski definition) is 0. The summed E-state index contributed by atoms with van der Waals surface area (Å²) in [4.78, 5) is 0. The standard InChI is InChI=1S/C27H27P.BrH/c1-5-14-24(15-6-1)16-13-23-28(25-17-7-2-8-18-25,26-19-9-3-10-20-26)27-21-11-4-12-22-27;/h1-12,14-15,17-22,28H,13,16,23H2;1H. The molecule has 0 radical (unpaired) electrons. The van der Waals surface area contributed by atoms with Gasteiger partial charge in [-0.15, -0.1) is 17.0 Å². The van der Waals surface area contributed by atoms with Crippen molar-refractivity contribution in [2.24, 2.45) is 0 Å². The Balaban J connectivity index is 0.00000240. The van der Waals surface area contributed by atoms with Crippen LogP contribution in [0.3, 0.4) is 0 Å². The van der Waals surface area contributed by atoms with Crippen LogP contribution in [0, 0.1) is 0 Å². The minimum atomic E-state index is -2.08. The van der Waals surface area contributed by atoms with Crippen LogP contribution in [0.2, 0.25) is 0 Å². The van der Waals surface area contributed by atoms with Gasteiger partial charge in [0, 0.05) is 0 Å². The Hall–Kier alpha value is -2.21. The van der Waals surface area contributed by atoms with Crippen LogP contribution in [0.4, 0.5) is 0 Å². The van der Waals surface area contributed by atoms with Crippen molar-refractivity contribution in [3.05, 3.63) is 127 Å². The Bertz CT molecular complexity index is 873. The topological polar surface area (TPSA) is 0 Å². The predicted octanol–water partition coefficient (Wildman–Crippen LogP) is 5.92. The SMILES string of the molecule is Br.c1ccc(CCC[PH](c2ccccc2)(c2ccccc2)c2ccccc2)cc1. The van der Waals surface area contributed by atoms with Gasteiger partial charge < -0.3 is 0 Å². The van der Waals surface area contributed by atoms with E-state index in [0.29, 0.717) is 0 Å².